The molecule has 1 aliphatic carbocycles. The van der Waals surface area contributed by atoms with E-state index < -0.39 is 17.7 Å². The highest BCUT2D eigenvalue weighted by Crippen LogP contribution is 2.46. The normalized spacial score (nSPS) is 20.0. The molecule has 0 aromatic rings. The second-order valence-corrected chi connectivity index (χ2v) is 3.87. The van der Waals surface area contributed by atoms with Crippen molar-refractivity contribution in [2.75, 3.05) is 0 Å². The zero-order valence-corrected chi connectivity index (χ0v) is 8.49. The first-order valence-corrected chi connectivity index (χ1v) is 4.74. The van der Waals surface area contributed by atoms with Crippen LogP contribution in [0.25, 0.3) is 0 Å². The van der Waals surface area contributed by atoms with Crippen LogP contribution in [-0.4, -0.2) is 17.7 Å². The summed E-state index contributed by atoms with van der Waals surface area (Å²) < 4.78 is 42.8. The molecule has 0 spiro atoms. The smallest absolute Gasteiger partial charge is 0.428 e. The van der Waals surface area contributed by atoms with Gasteiger partial charge in [-0.25, -0.2) is 4.79 Å². The van der Waals surface area contributed by atoms with Gasteiger partial charge in [-0.15, -0.1) is 0 Å². The number of hydrogen-bond acceptors (Lipinski definition) is 2. The molecule has 0 radical (unpaired) electrons. The van der Waals surface area contributed by atoms with Gasteiger partial charge in [0, 0.05) is 5.57 Å². The monoisotopic (exact) mass is 222 g/mol. The van der Waals surface area contributed by atoms with E-state index in [1.807, 2.05) is 0 Å². The Kier molecular flexibility index (Phi) is 3.11. The maximum atomic E-state index is 12.7. The average molecular weight is 222 g/mol. The minimum Gasteiger partial charge on any atom is -0.446 e. The van der Waals surface area contributed by atoms with Crippen molar-refractivity contribution in [1.29, 1.82) is 0 Å². The predicted octanol–water partition coefficient (Wildman–Crippen LogP) is 2.98. The highest BCUT2D eigenvalue weighted by Gasteiger charge is 2.59. The lowest BCUT2D eigenvalue weighted by Crippen LogP contribution is -2.46. The second kappa shape index (κ2) is 3.87. The Morgan fingerprint density at radius 3 is 2.13 bits per heavy atom. The summed E-state index contributed by atoms with van der Waals surface area (Å²) in [6.07, 6.45) is -3.91. The molecule has 0 aromatic heterocycles. The van der Waals surface area contributed by atoms with E-state index in [0.717, 1.165) is 0 Å². The molecular formula is C10H13F3O2. The predicted molar refractivity (Wildman–Crippen MR) is 48.2 cm³/mol. The molecule has 0 bridgehead atoms. The van der Waals surface area contributed by atoms with Crippen LogP contribution in [0.15, 0.2) is 12.2 Å². The van der Waals surface area contributed by atoms with Crippen molar-refractivity contribution in [3.8, 4) is 0 Å². The van der Waals surface area contributed by atoms with Crippen molar-refractivity contribution >= 4 is 5.97 Å². The maximum absolute atomic E-state index is 12.7. The van der Waals surface area contributed by atoms with Gasteiger partial charge in [0.1, 0.15) is 0 Å². The molecular weight excluding hydrogens is 209 g/mol. The van der Waals surface area contributed by atoms with Crippen LogP contribution in [0.5, 0.6) is 0 Å². The zero-order valence-electron chi connectivity index (χ0n) is 8.49. The minimum atomic E-state index is -4.49. The third-order valence-corrected chi connectivity index (χ3v) is 2.56. The molecule has 86 valence electrons. The number of hydrogen-bond donors (Lipinski definition) is 0. The first kappa shape index (κ1) is 12.1. The van der Waals surface area contributed by atoms with Crippen molar-refractivity contribution in [2.45, 2.75) is 44.4 Å². The summed E-state index contributed by atoms with van der Waals surface area (Å²) in [6.45, 7) is 4.60. The van der Waals surface area contributed by atoms with E-state index in [2.05, 4.69) is 11.3 Å². The van der Waals surface area contributed by atoms with Gasteiger partial charge in [-0.2, -0.15) is 13.2 Å². The van der Waals surface area contributed by atoms with Crippen LogP contribution in [-0.2, 0) is 9.53 Å². The van der Waals surface area contributed by atoms with E-state index in [4.69, 9.17) is 0 Å². The van der Waals surface area contributed by atoms with Crippen molar-refractivity contribution in [2.24, 2.45) is 0 Å². The summed E-state index contributed by atoms with van der Waals surface area (Å²) in [5.41, 5.74) is -2.28. The maximum Gasteiger partial charge on any atom is 0.428 e. The summed E-state index contributed by atoms with van der Waals surface area (Å²) in [5, 5.41) is 0. The lowest BCUT2D eigenvalue weighted by molar-refractivity contribution is -0.266. The molecule has 0 aromatic carbocycles. The van der Waals surface area contributed by atoms with E-state index in [1.165, 1.54) is 6.92 Å². The average Bonchev–Trinajstić information content (AvgIpc) is 2.52. The quantitative estimate of drug-likeness (QED) is 0.530. The first-order valence-electron chi connectivity index (χ1n) is 4.74. The summed E-state index contributed by atoms with van der Waals surface area (Å²) >= 11 is 0. The van der Waals surface area contributed by atoms with Crippen LogP contribution in [0.2, 0.25) is 0 Å². The Hall–Kier alpha value is -1.00. The topological polar surface area (TPSA) is 26.3 Å². The van der Waals surface area contributed by atoms with Gasteiger partial charge in [0.05, 0.1) is 0 Å². The molecule has 0 atom stereocenters. The number of ether oxygens (including phenoxy) is 1. The fourth-order valence-corrected chi connectivity index (χ4v) is 1.65. The first-order chi connectivity index (χ1) is 6.78. The number of rotatable bonds is 2. The standard InChI is InChI=1S/C10H13F3O2/c1-7(2)8(14)15-9(10(11,12)13)5-3-4-6-9/h1,3-6H2,2H3. The van der Waals surface area contributed by atoms with E-state index in [1.54, 1.807) is 0 Å². The Morgan fingerprint density at radius 1 is 1.33 bits per heavy atom. The van der Waals surface area contributed by atoms with Gasteiger partial charge < -0.3 is 4.74 Å². The third kappa shape index (κ3) is 2.33. The van der Waals surface area contributed by atoms with Gasteiger partial charge >= 0.3 is 12.1 Å². The molecule has 0 heterocycles. The Balaban J connectivity index is 2.84. The lowest BCUT2D eigenvalue weighted by Gasteiger charge is -2.31. The molecule has 0 aliphatic heterocycles. The minimum absolute atomic E-state index is 0.00877. The highest BCUT2D eigenvalue weighted by molar-refractivity contribution is 5.87. The van der Waals surface area contributed by atoms with Crippen molar-refractivity contribution in [3.05, 3.63) is 12.2 Å². The third-order valence-electron chi connectivity index (χ3n) is 2.56. The summed E-state index contributed by atoms with van der Waals surface area (Å²) in [4.78, 5) is 11.1. The lowest BCUT2D eigenvalue weighted by atomic mass is 10.0. The molecule has 15 heavy (non-hydrogen) atoms. The number of alkyl halides is 3. The molecule has 5 heteroatoms. The zero-order chi connectivity index (χ0) is 11.7. The van der Waals surface area contributed by atoms with Crippen molar-refractivity contribution in [3.63, 3.8) is 0 Å². The van der Waals surface area contributed by atoms with Gasteiger partial charge in [0.25, 0.3) is 0 Å². The number of carbonyl (C=O) groups excluding carboxylic acids is 1. The van der Waals surface area contributed by atoms with E-state index in [0.29, 0.717) is 12.8 Å². The molecule has 0 amide bonds. The Morgan fingerprint density at radius 2 is 1.80 bits per heavy atom. The molecule has 1 rings (SSSR count). The second-order valence-electron chi connectivity index (χ2n) is 3.87. The van der Waals surface area contributed by atoms with Crippen molar-refractivity contribution < 1.29 is 22.7 Å². The van der Waals surface area contributed by atoms with Crippen LogP contribution in [0.1, 0.15) is 32.6 Å². The molecule has 0 unspecified atom stereocenters. The van der Waals surface area contributed by atoms with Gasteiger partial charge in [0.15, 0.2) is 0 Å². The number of esters is 1. The summed E-state index contributed by atoms with van der Waals surface area (Å²) in [6, 6.07) is 0. The van der Waals surface area contributed by atoms with Crippen LogP contribution in [0.4, 0.5) is 13.2 Å². The van der Waals surface area contributed by atoms with Crippen molar-refractivity contribution in [1.82, 2.24) is 0 Å². The molecule has 1 saturated carbocycles. The van der Waals surface area contributed by atoms with E-state index >= 15 is 0 Å². The van der Waals surface area contributed by atoms with Crippen LogP contribution in [0.3, 0.4) is 0 Å². The largest absolute Gasteiger partial charge is 0.446 e. The molecule has 0 saturated heterocycles. The Labute approximate surface area is 86.1 Å². The van der Waals surface area contributed by atoms with Gasteiger partial charge in [0.2, 0.25) is 5.60 Å². The molecule has 1 fully saturated rings. The molecule has 2 nitrogen and oxygen atoms in total. The van der Waals surface area contributed by atoms with E-state index in [-0.39, 0.29) is 18.4 Å². The Bertz CT molecular complexity index is 275. The SMILES string of the molecule is C=C(C)C(=O)OC1(C(F)(F)F)CCCC1. The molecule has 0 N–H and O–H groups in total. The van der Waals surface area contributed by atoms with Gasteiger partial charge in [-0.1, -0.05) is 6.58 Å². The fraction of sp³-hybridized carbons (Fsp3) is 0.700. The van der Waals surface area contributed by atoms with E-state index in [9.17, 15) is 18.0 Å². The van der Waals surface area contributed by atoms with Crippen LogP contribution < -0.4 is 0 Å². The summed E-state index contributed by atoms with van der Waals surface area (Å²) in [5.74, 6) is -0.964. The van der Waals surface area contributed by atoms with Crippen LogP contribution >= 0.6 is 0 Å². The highest BCUT2D eigenvalue weighted by atomic mass is 19.4. The fourth-order valence-electron chi connectivity index (χ4n) is 1.65. The van der Waals surface area contributed by atoms with Crippen LogP contribution in [0, 0.1) is 0 Å². The van der Waals surface area contributed by atoms with Gasteiger partial charge in [-0.3, -0.25) is 0 Å². The summed E-state index contributed by atoms with van der Waals surface area (Å²) in [7, 11) is 0. The number of halogens is 3. The number of carbonyl (C=O) groups is 1. The molecule has 1 aliphatic rings. The van der Waals surface area contributed by atoms with Gasteiger partial charge in [-0.05, 0) is 32.6 Å².